The Kier molecular flexibility index (Phi) is 12.2. The average molecular weight is 681 g/mol. The topological polar surface area (TPSA) is 112 Å². The molecule has 2 aliphatic rings. The highest BCUT2D eigenvalue weighted by Crippen LogP contribution is 2.38. The van der Waals surface area contributed by atoms with Gasteiger partial charge < -0.3 is 24.6 Å². The normalized spacial score (nSPS) is 16.9. The quantitative estimate of drug-likeness (QED) is 0.197. The van der Waals surface area contributed by atoms with Gasteiger partial charge in [-0.3, -0.25) is 14.5 Å². The molecule has 0 radical (unpaired) electrons. The maximum atomic E-state index is 13.8. The molecule has 9 nitrogen and oxygen atoms in total. The van der Waals surface area contributed by atoms with Gasteiger partial charge in [0.15, 0.2) is 23.9 Å². The molecule has 1 aliphatic heterocycles. The molecule has 0 spiro atoms. The first kappa shape index (κ1) is 35.3. The van der Waals surface area contributed by atoms with E-state index in [0.717, 1.165) is 24.8 Å². The van der Waals surface area contributed by atoms with E-state index in [-0.39, 0.29) is 29.3 Å². The fourth-order valence-electron chi connectivity index (χ4n) is 5.40. The van der Waals surface area contributed by atoms with E-state index in [1.54, 1.807) is 44.7 Å². The summed E-state index contributed by atoms with van der Waals surface area (Å²) in [5.74, 6) is -0.106. The number of carbonyl (C=O) groups excluding carboxylic acids is 2. The summed E-state index contributed by atoms with van der Waals surface area (Å²) in [5, 5.41) is 0.724. The number of aromatic amines is 1. The third kappa shape index (κ3) is 9.06. The molecule has 2 fully saturated rings. The molecule has 1 aromatic heterocycles. The van der Waals surface area contributed by atoms with Crippen LogP contribution in [0.2, 0.25) is 10.0 Å². The lowest BCUT2D eigenvalue weighted by molar-refractivity contribution is -0.377. The second kappa shape index (κ2) is 15.9. The summed E-state index contributed by atoms with van der Waals surface area (Å²) in [6.45, 7) is -1.51. The highest BCUT2D eigenvalue weighted by Gasteiger charge is 2.35. The number of nitrogens with zero attached hydrogens (tertiary/aromatic N) is 2. The number of hydrogen-bond acceptors (Lipinski definition) is 7. The number of esters is 1. The highest BCUT2D eigenvalue weighted by atomic mass is 35.5. The fourth-order valence-corrected chi connectivity index (χ4v) is 5.94. The van der Waals surface area contributed by atoms with Crippen molar-refractivity contribution in [1.82, 2.24) is 9.80 Å². The minimum absolute atomic E-state index is 0. The third-order valence-corrected chi connectivity index (χ3v) is 8.65. The van der Waals surface area contributed by atoms with Crippen LogP contribution in [0.5, 0.6) is 11.5 Å². The van der Waals surface area contributed by atoms with Crippen LogP contribution in [0.3, 0.4) is 0 Å². The first-order chi connectivity index (χ1) is 21.6. The summed E-state index contributed by atoms with van der Waals surface area (Å²) in [6, 6.07) is 11.4. The lowest BCUT2D eigenvalue weighted by Crippen LogP contribution is -2.37. The van der Waals surface area contributed by atoms with Gasteiger partial charge in [-0.2, -0.15) is 8.78 Å². The number of carbonyl (C=O) groups is 2. The molecule has 1 amide bonds. The molecule has 3 aromatic rings. The zero-order valence-corrected chi connectivity index (χ0v) is 27.1. The predicted molar refractivity (Wildman–Crippen MR) is 167 cm³/mol. The minimum atomic E-state index is -3.03. The van der Waals surface area contributed by atoms with Crippen molar-refractivity contribution in [2.75, 3.05) is 27.2 Å². The van der Waals surface area contributed by atoms with E-state index in [4.69, 9.17) is 37.4 Å². The van der Waals surface area contributed by atoms with E-state index in [9.17, 15) is 18.4 Å². The van der Waals surface area contributed by atoms with E-state index in [1.807, 2.05) is 23.1 Å². The van der Waals surface area contributed by atoms with Crippen LogP contribution in [-0.2, 0) is 22.5 Å². The third-order valence-electron chi connectivity index (χ3n) is 7.97. The van der Waals surface area contributed by atoms with E-state index in [1.165, 1.54) is 11.0 Å². The average Bonchev–Trinajstić information content (AvgIpc) is 3.73. The zero-order chi connectivity index (χ0) is 32.1. The van der Waals surface area contributed by atoms with Gasteiger partial charge in [0.1, 0.15) is 22.2 Å². The van der Waals surface area contributed by atoms with Crippen LogP contribution < -0.4 is 14.5 Å². The first-order valence-electron chi connectivity index (χ1n) is 14.9. The van der Waals surface area contributed by atoms with Gasteiger partial charge in [0.25, 0.3) is 5.91 Å². The largest absolute Gasteiger partial charge is 0.870 e. The Labute approximate surface area is 276 Å². The molecule has 13 heteroatoms. The molecule has 2 aromatic carbocycles. The number of aromatic nitrogens is 1. The number of likely N-dealkylation sites (tertiary alicyclic amines) is 1. The van der Waals surface area contributed by atoms with Crippen LogP contribution >= 0.6 is 23.2 Å². The molecule has 248 valence electrons. The first-order valence-corrected chi connectivity index (χ1v) is 15.6. The number of benzene rings is 2. The highest BCUT2D eigenvalue weighted by molar-refractivity contribution is 6.35. The van der Waals surface area contributed by atoms with Crippen LogP contribution in [0.25, 0.3) is 0 Å². The van der Waals surface area contributed by atoms with Gasteiger partial charge in [0, 0.05) is 38.2 Å². The lowest BCUT2D eigenvalue weighted by atomic mass is 10.0. The number of alkyl halides is 2. The molecular weight excluding hydrogens is 643 g/mol. The van der Waals surface area contributed by atoms with Crippen LogP contribution in [0.4, 0.5) is 8.78 Å². The Balaban J connectivity index is 0.00000480. The molecule has 2 N–H and O–H groups in total. The Hall–Kier alpha value is -3.51. The Bertz CT molecular complexity index is 1500. The Morgan fingerprint density at radius 1 is 1.04 bits per heavy atom. The van der Waals surface area contributed by atoms with Crippen molar-refractivity contribution in [2.45, 2.75) is 57.4 Å². The van der Waals surface area contributed by atoms with Gasteiger partial charge in [0.2, 0.25) is 0 Å². The lowest BCUT2D eigenvalue weighted by Gasteiger charge is -2.27. The summed E-state index contributed by atoms with van der Waals surface area (Å²) < 4.78 is 43.2. The number of halogens is 4. The molecule has 2 heterocycles. The number of amides is 1. The van der Waals surface area contributed by atoms with Crippen molar-refractivity contribution in [2.24, 2.45) is 5.92 Å². The molecule has 46 heavy (non-hydrogen) atoms. The maximum Gasteiger partial charge on any atom is 0.387 e. The summed E-state index contributed by atoms with van der Waals surface area (Å²) in [7, 11) is 3.40. The molecule has 5 rings (SSSR count). The number of rotatable bonds is 13. The van der Waals surface area contributed by atoms with Crippen molar-refractivity contribution in [1.29, 1.82) is 0 Å². The summed E-state index contributed by atoms with van der Waals surface area (Å²) in [4.78, 5) is 32.8. The number of ether oxygens (including phenoxy) is 3. The van der Waals surface area contributed by atoms with Crippen molar-refractivity contribution >= 4 is 35.1 Å². The number of hydrogen-bond donors (Lipinski definition) is 0. The van der Waals surface area contributed by atoms with Crippen molar-refractivity contribution in [3.05, 3.63) is 87.2 Å². The van der Waals surface area contributed by atoms with Crippen LogP contribution in [0, 0.1) is 5.92 Å². The fraction of sp³-hybridized carbons (Fsp3) is 0.424. The molecule has 1 saturated carbocycles. The SMILES string of the molecule is CN(C)C(=O)c1cccc(CN2CCC[C@H]2C(=O)O[C@@H](Cc2c(Cl)c[nH+]cc2Cl)c2ccc(OC(F)F)c(OCC3CC3)c2)c1.[OH-]. The minimum Gasteiger partial charge on any atom is -0.870 e. The Morgan fingerprint density at radius 3 is 2.46 bits per heavy atom. The van der Waals surface area contributed by atoms with Crippen molar-refractivity contribution < 1.29 is 43.0 Å². The number of pyridine rings is 1. The second-order valence-electron chi connectivity index (χ2n) is 11.6. The molecular formula is C33H37Cl2F2N3O6. The van der Waals surface area contributed by atoms with Crippen molar-refractivity contribution in [3.8, 4) is 11.5 Å². The predicted octanol–water partition coefficient (Wildman–Crippen LogP) is 6.21. The smallest absolute Gasteiger partial charge is 0.387 e. The van der Waals surface area contributed by atoms with Gasteiger partial charge in [-0.25, -0.2) is 4.98 Å². The van der Waals surface area contributed by atoms with Crippen molar-refractivity contribution in [3.63, 3.8) is 0 Å². The van der Waals surface area contributed by atoms with E-state index >= 15 is 0 Å². The monoisotopic (exact) mass is 679 g/mol. The van der Waals surface area contributed by atoms with E-state index < -0.39 is 24.7 Å². The summed E-state index contributed by atoms with van der Waals surface area (Å²) in [6.07, 6.45) is 5.87. The molecule has 1 aliphatic carbocycles. The van der Waals surface area contributed by atoms with Crippen LogP contribution in [0.1, 0.15) is 58.8 Å². The standard InChI is InChI=1S/C33H35Cl2F2N3O5.H2O/c1-39(2)31(41)23-6-3-5-21(13-23)18-40-12-4-7-27(40)32(42)44-29(15-24-25(34)16-38-17-26(24)35)22-10-11-28(45-33(36)37)30(14-22)43-19-20-8-9-20;/h3,5-6,10-11,13-14,16-17,20,27,29,33H,4,7-9,12,15,18-19H2,1-2H3;1H2/t27-,29-;/m0./s1. The summed E-state index contributed by atoms with van der Waals surface area (Å²) >= 11 is 13.0. The van der Waals surface area contributed by atoms with E-state index in [2.05, 4.69) is 4.98 Å². The molecule has 0 unspecified atom stereocenters. The van der Waals surface area contributed by atoms with E-state index in [0.29, 0.717) is 58.8 Å². The Morgan fingerprint density at radius 2 is 1.78 bits per heavy atom. The van der Waals surface area contributed by atoms with Gasteiger partial charge in [0.05, 0.1) is 6.61 Å². The zero-order valence-electron chi connectivity index (χ0n) is 25.6. The molecule has 2 atom stereocenters. The summed E-state index contributed by atoms with van der Waals surface area (Å²) in [5.41, 5.74) is 2.57. The number of nitrogens with one attached hydrogen (secondary N) is 1. The molecule has 1 saturated heterocycles. The van der Waals surface area contributed by atoms with Gasteiger partial charge >= 0.3 is 12.6 Å². The van der Waals surface area contributed by atoms with Gasteiger partial charge in [-0.1, -0.05) is 41.4 Å². The molecule has 0 bridgehead atoms. The number of H-pyrrole nitrogens is 1. The maximum absolute atomic E-state index is 13.8. The van der Waals surface area contributed by atoms with Gasteiger partial charge in [-0.15, -0.1) is 0 Å². The van der Waals surface area contributed by atoms with Crippen LogP contribution in [0.15, 0.2) is 54.9 Å². The van der Waals surface area contributed by atoms with Crippen LogP contribution in [-0.4, -0.2) is 67.1 Å². The van der Waals surface area contributed by atoms with Gasteiger partial charge in [-0.05, 0) is 73.5 Å². The second-order valence-corrected chi connectivity index (χ2v) is 12.4.